The molecule has 0 aromatic heterocycles. The van der Waals surface area contributed by atoms with Gasteiger partial charge in [-0.15, -0.1) is 5.73 Å². The summed E-state index contributed by atoms with van der Waals surface area (Å²) in [5.41, 5.74) is 4.19. The lowest BCUT2D eigenvalue weighted by atomic mass is 10.3. The van der Waals surface area contributed by atoms with Crippen LogP contribution in [0.15, 0.2) is 17.9 Å². The van der Waals surface area contributed by atoms with E-state index in [1.54, 1.807) is 0 Å². The van der Waals surface area contributed by atoms with E-state index in [0.717, 1.165) is 19.5 Å². The molecule has 0 aromatic rings. The van der Waals surface area contributed by atoms with Gasteiger partial charge in [-0.3, -0.25) is 0 Å². The van der Waals surface area contributed by atoms with Crippen molar-refractivity contribution in [1.29, 1.82) is 0 Å². The maximum absolute atomic E-state index is 3.54. The summed E-state index contributed by atoms with van der Waals surface area (Å²) in [6, 6.07) is 0. The third-order valence-electron chi connectivity index (χ3n) is 1.19. The molecular formula is C6H9N. The lowest BCUT2D eigenvalue weighted by Crippen LogP contribution is -2.04. The molecule has 1 nitrogen and oxygen atoms in total. The van der Waals surface area contributed by atoms with Crippen molar-refractivity contribution in [2.75, 3.05) is 13.1 Å². The monoisotopic (exact) mass is 95.1 g/mol. The molecule has 38 valence electrons. The van der Waals surface area contributed by atoms with Crippen LogP contribution in [-0.2, 0) is 0 Å². The van der Waals surface area contributed by atoms with Crippen molar-refractivity contribution >= 4 is 0 Å². The van der Waals surface area contributed by atoms with Gasteiger partial charge in [0, 0.05) is 6.54 Å². The lowest BCUT2D eigenvalue weighted by Gasteiger charge is -1.80. The highest BCUT2D eigenvalue weighted by Gasteiger charge is 2.01. The van der Waals surface area contributed by atoms with E-state index in [-0.39, 0.29) is 0 Å². The summed E-state index contributed by atoms with van der Waals surface area (Å²) in [5.74, 6) is 0. The minimum absolute atomic E-state index is 1.00. The number of hydrogen-bond acceptors (Lipinski definition) is 1. The summed E-state index contributed by atoms with van der Waals surface area (Å²) in [6.45, 7) is 5.65. The minimum Gasteiger partial charge on any atom is -0.312 e. The quantitative estimate of drug-likeness (QED) is 0.436. The van der Waals surface area contributed by atoms with Gasteiger partial charge >= 0.3 is 0 Å². The predicted octanol–water partition coefficient (Wildman–Crippen LogP) is 0.691. The van der Waals surface area contributed by atoms with Gasteiger partial charge in [-0.25, -0.2) is 0 Å². The van der Waals surface area contributed by atoms with Gasteiger partial charge in [0.2, 0.25) is 0 Å². The van der Waals surface area contributed by atoms with Crippen molar-refractivity contribution in [3.05, 3.63) is 17.9 Å². The van der Waals surface area contributed by atoms with Gasteiger partial charge in [-0.1, -0.05) is 6.58 Å². The van der Waals surface area contributed by atoms with Gasteiger partial charge in [0.1, 0.15) is 0 Å². The van der Waals surface area contributed by atoms with Crippen LogP contribution in [0.25, 0.3) is 0 Å². The first-order chi connectivity index (χ1) is 3.43. The molecule has 0 aromatic carbocycles. The number of nitrogens with one attached hydrogen (secondary N) is 1. The Bertz CT molecular complexity index is 101. The molecule has 7 heavy (non-hydrogen) atoms. The molecule has 0 spiro atoms. The zero-order chi connectivity index (χ0) is 5.11. The second kappa shape index (κ2) is 1.97. The van der Waals surface area contributed by atoms with Crippen molar-refractivity contribution in [2.24, 2.45) is 0 Å². The van der Waals surface area contributed by atoms with Crippen molar-refractivity contribution < 1.29 is 0 Å². The van der Waals surface area contributed by atoms with Crippen molar-refractivity contribution in [2.45, 2.75) is 6.42 Å². The van der Waals surface area contributed by atoms with E-state index < -0.39 is 0 Å². The van der Waals surface area contributed by atoms with Crippen LogP contribution in [-0.4, -0.2) is 13.1 Å². The molecule has 1 heteroatoms. The molecule has 1 fully saturated rings. The summed E-state index contributed by atoms with van der Waals surface area (Å²) in [7, 11) is 0. The van der Waals surface area contributed by atoms with E-state index in [0.29, 0.717) is 0 Å². The third kappa shape index (κ3) is 0.923. The van der Waals surface area contributed by atoms with Crippen LogP contribution in [0.5, 0.6) is 0 Å². The van der Waals surface area contributed by atoms with E-state index in [2.05, 4.69) is 17.6 Å². The molecule has 1 aliphatic rings. The van der Waals surface area contributed by atoms with Gasteiger partial charge in [0.15, 0.2) is 0 Å². The molecule has 0 atom stereocenters. The van der Waals surface area contributed by atoms with Crippen LogP contribution in [0.2, 0.25) is 0 Å². The first kappa shape index (κ1) is 4.63. The normalized spacial score (nSPS) is 19.7. The zero-order valence-electron chi connectivity index (χ0n) is 4.33. The second-order valence-corrected chi connectivity index (χ2v) is 1.71. The Kier molecular flexibility index (Phi) is 1.30. The SMILES string of the molecule is C=C=C1CCNC1. The Labute approximate surface area is 43.7 Å². The fourth-order valence-electron chi connectivity index (χ4n) is 0.718. The highest BCUT2D eigenvalue weighted by molar-refractivity contribution is 5.05. The van der Waals surface area contributed by atoms with Crippen molar-refractivity contribution in [3.63, 3.8) is 0 Å². The Morgan fingerprint density at radius 2 is 2.57 bits per heavy atom. The third-order valence-corrected chi connectivity index (χ3v) is 1.19. The smallest absolute Gasteiger partial charge is 0.0240 e. The molecule has 0 unspecified atom stereocenters. The van der Waals surface area contributed by atoms with E-state index in [1.165, 1.54) is 5.57 Å². The van der Waals surface area contributed by atoms with Gasteiger partial charge in [0.05, 0.1) is 0 Å². The van der Waals surface area contributed by atoms with Crippen LogP contribution in [0.3, 0.4) is 0 Å². The fraction of sp³-hybridized carbons (Fsp3) is 0.500. The molecule has 0 amide bonds. The van der Waals surface area contributed by atoms with Gasteiger partial charge in [0.25, 0.3) is 0 Å². The minimum atomic E-state index is 1.00. The number of hydrogen-bond donors (Lipinski definition) is 1. The Morgan fingerprint density at radius 3 is 2.86 bits per heavy atom. The van der Waals surface area contributed by atoms with Crippen LogP contribution in [0, 0.1) is 0 Å². The molecule has 1 aliphatic heterocycles. The molecule has 1 N–H and O–H groups in total. The maximum Gasteiger partial charge on any atom is 0.0240 e. The van der Waals surface area contributed by atoms with Crippen LogP contribution < -0.4 is 5.32 Å². The fourth-order valence-corrected chi connectivity index (χ4v) is 0.718. The molecule has 1 rings (SSSR count). The van der Waals surface area contributed by atoms with E-state index in [9.17, 15) is 0 Å². The Balaban J connectivity index is 2.57. The van der Waals surface area contributed by atoms with Crippen molar-refractivity contribution in [1.82, 2.24) is 5.32 Å². The van der Waals surface area contributed by atoms with Gasteiger partial charge in [-0.05, 0) is 18.5 Å². The predicted molar refractivity (Wildman–Crippen MR) is 30.1 cm³/mol. The van der Waals surface area contributed by atoms with E-state index in [4.69, 9.17) is 0 Å². The first-order valence-electron chi connectivity index (χ1n) is 2.52. The van der Waals surface area contributed by atoms with Crippen molar-refractivity contribution in [3.8, 4) is 0 Å². The highest BCUT2D eigenvalue weighted by Crippen LogP contribution is 2.00. The number of rotatable bonds is 0. The molecule has 1 heterocycles. The average Bonchev–Trinajstić information content (AvgIpc) is 2.14. The molecule has 0 aliphatic carbocycles. The molecule has 0 bridgehead atoms. The largest absolute Gasteiger partial charge is 0.312 e. The van der Waals surface area contributed by atoms with Gasteiger partial charge in [-0.2, -0.15) is 0 Å². The summed E-state index contributed by atoms with van der Waals surface area (Å²) < 4.78 is 0. The molecular weight excluding hydrogens is 86.1 g/mol. The summed E-state index contributed by atoms with van der Waals surface area (Å²) in [6.07, 6.45) is 1.14. The molecule has 1 saturated heterocycles. The van der Waals surface area contributed by atoms with Gasteiger partial charge < -0.3 is 5.32 Å². The summed E-state index contributed by atoms with van der Waals surface area (Å²) in [4.78, 5) is 0. The van der Waals surface area contributed by atoms with Crippen LogP contribution in [0.1, 0.15) is 6.42 Å². The first-order valence-corrected chi connectivity index (χ1v) is 2.52. The summed E-state index contributed by atoms with van der Waals surface area (Å²) >= 11 is 0. The highest BCUT2D eigenvalue weighted by atomic mass is 14.9. The maximum atomic E-state index is 3.54. The van der Waals surface area contributed by atoms with E-state index in [1.807, 2.05) is 0 Å². The molecule has 0 radical (unpaired) electrons. The summed E-state index contributed by atoms with van der Waals surface area (Å²) in [5, 5.41) is 3.18. The van der Waals surface area contributed by atoms with Crippen LogP contribution in [0.4, 0.5) is 0 Å². The Hall–Kier alpha value is -0.520. The Morgan fingerprint density at radius 1 is 1.71 bits per heavy atom. The standard InChI is InChI=1S/C6H9N/c1-2-6-3-4-7-5-6/h7H,1,3-5H2. The lowest BCUT2D eigenvalue weighted by molar-refractivity contribution is 0.862. The van der Waals surface area contributed by atoms with Crippen LogP contribution >= 0.6 is 0 Å². The topological polar surface area (TPSA) is 12.0 Å². The average molecular weight is 95.1 g/mol. The zero-order valence-corrected chi connectivity index (χ0v) is 4.33. The second-order valence-electron chi connectivity index (χ2n) is 1.71. The van der Waals surface area contributed by atoms with E-state index >= 15 is 0 Å². The molecule has 0 saturated carbocycles.